The highest BCUT2D eigenvalue weighted by molar-refractivity contribution is 9.10. The van der Waals surface area contributed by atoms with Crippen LogP contribution in [0.25, 0.3) is 0 Å². The molecule has 2 rings (SSSR count). The van der Waals surface area contributed by atoms with Crippen LogP contribution < -0.4 is 4.74 Å². The third-order valence-corrected chi connectivity index (χ3v) is 3.98. The van der Waals surface area contributed by atoms with E-state index in [-0.39, 0.29) is 0 Å². The minimum Gasteiger partial charge on any atom is -0.455 e. The number of aliphatic hydroxyl groups is 1. The van der Waals surface area contributed by atoms with Gasteiger partial charge in [-0.25, -0.2) is 0 Å². The highest BCUT2D eigenvalue weighted by Gasteiger charge is 2.09. The van der Waals surface area contributed by atoms with E-state index >= 15 is 0 Å². The predicted molar refractivity (Wildman–Crippen MR) is 84.0 cm³/mol. The summed E-state index contributed by atoms with van der Waals surface area (Å²) in [6.45, 7) is 1.72. The molecular formula is C14H11Br2ClO2. The van der Waals surface area contributed by atoms with Crippen LogP contribution in [0.1, 0.15) is 18.6 Å². The van der Waals surface area contributed by atoms with Crippen molar-refractivity contribution in [1.29, 1.82) is 0 Å². The standard InChI is InChI=1S/C14H11Br2ClO2/c1-8(18)9-2-5-13(11(16)6-9)19-14-7-10(15)3-4-12(14)17/h2-8,18H,1H3/t8-/m0/s1. The van der Waals surface area contributed by atoms with Gasteiger partial charge in [-0.3, -0.25) is 0 Å². The van der Waals surface area contributed by atoms with E-state index in [2.05, 4.69) is 31.9 Å². The molecule has 0 bridgehead atoms. The maximum atomic E-state index is 9.52. The zero-order chi connectivity index (χ0) is 14.0. The van der Waals surface area contributed by atoms with Gasteiger partial charge in [0.1, 0.15) is 11.5 Å². The molecule has 0 aliphatic carbocycles. The van der Waals surface area contributed by atoms with Gasteiger partial charge in [0.2, 0.25) is 0 Å². The summed E-state index contributed by atoms with van der Waals surface area (Å²) in [6, 6.07) is 10.9. The van der Waals surface area contributed by atoms with E-state index in [1.54, 1.807) is 25.1 Å². The average Bonchev–Trinajstić information content (AvgIpc) is 2.36. The Morgan fingerprint density at radius 1 is 1.11 bits per heavy atom. The summed E-state index contributed by atoms with van der Waals surface area (Å²) in [5, 5.41) is 10.1. The Morgan fingerprint density at radius 3 is 2.47 bits per heavy atom. The molecular weight excluding hydrogens is 395 g/mol. The molecule has 2 aromatic carbocycles. The summed E-state index contributed by atoms with van der Waals surface area (Å²) >= 11 is 12.9. The van der Waals surface area contributed by atoms with Crippen LogP contribution in [0, 0.1) is 0 Å². The predicted octanol–water partition coefficient (Wildman–Crippen LogP) is 5.71. The van der Waals surface area contributed by atoms with Gasteiger partial charge in [-0.15, -0.1) is 0 Å². The van der Waals surface area contributed by atoms with Crippen LogP contribution in [0.4, 0.5) is 0 Å². The Bertz CT molecular complexity index is 600. The molecule has 2 aromatic rings. The monoisotopic (exact) mass is 404 g/mol. The molecule has 1 N–H and O–H groups in total. The summed E-state index contributed by atoms with van der Waals surface area (Å²) in [5.74, 6) is 1.21. The van der Waals surface area contributed by atoms with Crippen LogP contribution in [0.3, 0.4) is 0 Å². The molecule has 0 fully saturated rings. The van der Waals surface area contributed by atoms with E-state index in [0.717, 1.165) is 14.5 Å². The highest BCUT2D eigenvalue weighted by Crippen LogP contribution is 2.36. The lowest BCUT2D eigenvalue weighted by Gasteiger charge is -2.12. The minimum atomic E-state index is -0.514. The van der Waals surface area contributed by atoms with Crippen molar-refractivity contribution in [3.63, 3.8) is 0 Å². The summed E-state index contributed by atoms with van der Waals surface area (Å²) in [6.07, 6.45) is -0.514. The first-order valence-electron chi connectivity index (χ1n) is 5.58. The number of benzene rings is 2. The van der Waals surface area contributed by atoms with E-state index in [4.69, 9.17) is 16.3 Å². The van der Waals surface area contributed by atoms with Crippen molar-refractivity contribution >= 4 is 43.5 Å². The van der Waals surface area contributed by atoms with E-state index in [1.807, 2.05) is 18.2 Å². The molecule has 0 saturated heterocycles. The van der Waals surface area contributed by atoms with Gasteiger partial charge < -0.3 is 9.84 Å². The number of hydrogen-bond donors (Lipinski definition) is 1. The minimum absolute atomic E-state index is 0.514. The molecule has 0 spiro atoms. The Morgan fingerprint density at radius 2 is 1.84 bits per heavy atom. The topological polar surface area (TPSA) is 29.5 Å². The van der Waals surface area contributed by atoms with Gasteiger partial charge in [-0.2, -0.15) is 0 Å². The van der Waals surface area contributed by atoms with Crippen molar-refractivity contribution < 1.29 is 9.84 Å². The van der Waals surface area contributed by atoms with Crippen molar-refractivity contribution in [2.45, 2.75) is 13.0 Å². The molecule has 0 amide bonds. The third kappa shape index (κ3) is 3.72. The molecule has 0 saturated carbocycles. The van der Waals surface area contributed by atoms with Crippen LogP contribution in [0.5, 0.6) is 11.5 Å². The van der Waals surface area contributed by atoms with Crippen molar-refractivity contribution in [3.8, 4) is 11.5 Å². The Kier molecular flexibility index (Phi) is 4.90. The first-order valence-corrected chi connectivity index (χ1v) is 7.54. The van der Waals surface area contributed by atoms with E-state index in [9.17, 15) is 5.11 Å². The number of hydrogen-bond acceptors (Lipinski definition) is 2. The molecule has 2 nitrogen and oxygen atoms in total. The van der Waals surface area contributed by atoms with E-state index in [0.29, 0.717) is 16.5 Å². The molecule has 0 aliphatic rings. The zero-order valence-electron chi connectivity index (χ0n) is 10.0. The van der Waals surface area contributed by atoms with Gasteiger partial charge in [0.15, 0.2) is 0 Å². The fraction of sp³-hybridized carbons (Fsp3) is 0.143. The number of ether oxygens (including phenoxy) is 1. The summed E-state index contributed by atoms with van der Waals surface area (Å²) in [7, 11) is 0. The van der Waals surface area contributed by atoms with Crippen LogP contribution in [-0.2, 0) is 0 Å². The van der Waals surface area contributed by atoms with Gasteiger partial charge in [0, 0.05) is 4.47 Å². The van der Waals surface area contributed by atoms with Crippen LogP contribution in [0.15, 0.2) is 45.3 Å². The van der Waals surface area contributed by atoms with Crippen LogP contribution >= 0.6 is 43.5 Å². The first-order chi connectivity index (χ1) is 8.97. The second kappa shape index (κ2) is 6.27. The Balaban J connectivity index is 2.31. The maximum Gasteiger partial charge on any atom is 0.147 e. The van der Waals surface area contributed by atoms with Gasteiger partial charge in [-0.05, 0) is 58.7 Å². The van der Waals surface area contributed by atoms with E-state index < -0.39 is 6.10 Å². The molecule has 0 unspecified atom stereocenters. The number of rotatable bonds is 3. The Labute approximate surface area is 133 Å². The molecule has 100 valence electrons. The number of aliphatic hydroxyl groups excluding tert-OH is 1. The van der Waals surface area contributed by atoms with Gasteiger partial charge >= 0.3 is 0 Å². The molecule has 0 aliphatic heterocycles. The van der Waals surface area contributed by atoms with Crippen LogP contribution in [-0.4, -0.2) is 5.11 Å². The van der Waals surface area contributed by atoms with Gasteiger partial charge in [0.05, 0.1) is 15.6 Å². The summed E-state index contributed by atoms with van der Waals surface area (Å²) in [4.78, 5) is 0. The Hall–Kier alpha value is -0.550. The molecule has 0 aromatic heterocycles. The second-order valence-electron chi connectivity index (χ2n) is 4.04. The van der Waals surface area contributed by atoms with E-state index in [1.165, 1.54) is 0 Å². The van der Waals surface area contributed by atoms with Crippen molar-refractivity contribution in [1.82, 2.24) is 0 Å². The molecule has 1 atom stereocenters. The lowest BCUT2D eigenvalue weighted by Crippen LogP contribution is -1.92. The lowest BCUT2D eigenvalue weighted by atomic mass is 10.1. The molecule has 0 radical (unpaired) electrons. The first kappa shape index (κ1) is 14.9. The van der Waals surface area contributed by atoms with Gasteiger partial charge in [-0.1, -0.05) is 33.6 Å². The van der Waals surface area contributed by atoms with Crippen molar-refractivity contribution in [3.05, 3.63) is 55.9 Å². The van der Waals surface area contributed by atoms with Crippen molar-refractivity contribution in [2.24, 2.45) is 0 Å². The summed E-state index contributed by atoms with van der Waals surface area (Å²) in [5.41, 5.74) is 0.819. The van der Waals surface area contributed by atoms with Crippen LogP contribution in [0.2, 0.25) is 5.02 Å². The molecule has 19 heavy (non-hydrogen) atoms. The highest BCUT2D eigenvalue weighted by atomic mass is 79.9. The molecule has 5 heteroatoms. The largest absolute Gasteiger partial charge is 0.455 e. The number of halogens is 3. The zero-order valence-corrected chi connectivity index (χ0v) is 14.0. The normalized spacial score (nSPS) is 12.3. The van der Waals surface area contributed by atoms with Crippen molar-refractivity contribution in [2.75, 3.05) is 0 Å². The maximum absolute atomic E-state index is 9.52. The molecule has 0 heterocycles. The SMILES string of the molecule is C[C@H](O)c1ccc(Oc2cc(Br)ccc2Cl)c(Br)c1. The fourth-order valence-electron chi connectivity index (χ4n) is 1.53. The lowest BCUT2D eigenvalue weighted by molar-refractivity contribution is 0.199. The third-order valence-electron chi connectivity index (χ3n) is 2.55. The smallest absolute Gasteiger partial charge is 0.147 e. The average molecular weight is 407 g/mol. The fourth-order valence-corrected chi connectivity index (χ4v) is 2.51. The quantitative estimate of drug-likeness (QED) is 0.707. The summed E-state index contributed by atoms with van der Waals surface area (Å²) < 4.78 is 7.42. The van der Waals surface area contributed by atoms with Gasteiger partial charge in [0.25, 0.3) is 0 Å². The second-order valence-corrected chi connectivity index (χ2v) is 6.22.